The van der Waals surface area contributed by atoms with Gasteiger partial charge in [0.1, 0.15) is 13.2 Å². The fraction of sp³-hybridized carbons (Fsp3) is 0.961. The third-order valence-corrected chi connectivity index (χ3v) is 13.7. The molecule has 2 unspecified atom stereocenters. The van der Waals surface area contributed by atoms with Crippen molar-refractivity contribution >= 4 is 11.9 Å². The van der Waals surface area contributed by atoms with Crippen molar-refractivity contribution in [3.8, 4) is 0 Å². The van der Waals surface area contributed by atoms with Crippen LogP contribution in [0.5, 0.6) is 0 Å². The molecule has 0 aromatic rings. The Bertz CT molecular complexity index is 864. The van der Waals surface area contributed by atoms with Crippen LogP contribution in [0, 0.1) is 0 Å². The molecule has 0 radical (unpaired) electrons. The largest absolute Gasteiger partial charge is 0.465 e. The molecule has 0 aliphatic heterocycles. The molecule has 0 aromatic carbocycles. The zero-order chi connectivity index (χ0) is 43.7. The molecule has 0 fully saturated rings. The van der Waals surface area contributed by atoms with Crippen molar-refractivity contribution in [3.63, 3.8) is 0 Å². The molecule has 8 heteroatoms. The SMILES string of the molecule is CCCCCCCCCCCCCCCCCC[N+](C)(CCCCC[N+](C)(CCCCCCCCCCCCCCCCCC)[C@@H](CO)C(=O)OC)[C@@H](CO)C(=O)OC. The number of rotatable bonds is 46. The van der Waals surface area contributed by atoms with Gasteiger partial charge in [0.2, 0.25) is 12.1 Å². The molecule has 0 spiro atoms. The van der Waals surface area contributed by atoms with Crippen molar-refractivity contribution in [3.05, 3.63) is 0 Å². The van der Waals surface area contributed by atoms with Crippen molar-refractivity contribution in [2.75, 3.05) is 67.7 Å². The highest BCUT2D eigenvalue weighted by molar-refractivity contribution is 5.74. The number of quaternary nitrogens is 2. The maximum Gasteiger partial charge on any atom is 0.367 e. The number of aliphatic hydroxyl groups is 2. The van der Waals surface area contributed by atoms with Crippen LogP contribution in [0.3, 0.4) is 0 Å². The summed E-state index contributed by atoms with van der Waals surface area (Å²) in [5, 5.41) is 20.6. The van der Waals surface area contributed by atoms with Crippen LogP contribution in [0.4, 0.5) is 0 Å². The summed E-state index contributed by atoms with van der Waals surface area (Å²) < 4.78 is 11.3. The third-order valence-electron chi connectivity index (χ3n) is 13.7. The summed E-state index contributed by atoms with van der Waals surface area (Å²) in [6.07, 6.45) is 45.3. The first kappa shape index (κ1) is 57.8. The number of nitrogens with zero attached hydrogens (tertiary/aromatic N) is 2. The molecule has 0 aliphatic carbocycles. The Hall–Kier alpha value is -1.22. The standard InChI is InChI=1S/C51H104N2O6/c1-7-9-11-13-15-17-19-21-23-25-27-29-31-33-35-38-42-52(3,48(46-54)50(56)58-5)44-40-37-41-45-53(4,49(47-55)51(57)59-6)43-39-36-34-32-30-28-26-24-22-20-18-16-14-12-10-8-2/h48-49,54-55H,7-47H2,1-6H3/q+2/t48-,49-,52?,53?/m0/s1. The van der Waals surface area contributed by atoms with Crippen molar-refractivity contribution in [2.24, 2.45) is 0 Å². The van der Waals surface area contributed by atoms with Crippen LogP contribution in [-0.2, 0) is 19.1 Å². The van der Waals surface area contributed by atoms with E-state index in [9.17, 15) is 19.8 Å². The number of hydrogen-bond acceptors (Lipinski definition) is 6. The summed E-state index contributed by atoms with van der Waals surface area (Å²) in [7, 11) is 7.06. The fourth-order valence-electron chi connectivity index (χ4n) is 9.34. The molecule has 352 valence electrons. The summed E-state index contributed by atoms with van der Waals surface area (Å²) in [5.74, 6) is -0.670. The average Bonchev–Trinajstić information content (AvgIpc) is 3.23. The van der Waals surface area contributed by atoms with E-state index >= 15 is 0 Å². The van der Waals surface area contributed by atoms with Crippen LogP contribution in [0.15, 0.2) is 0 Å². The topological polar surface area (TPSA) is 93.1 Å². The summed E-state index contributed by atoms with van der Waals surface area (Å²) in [5.41, 5.74) is 0. The normalized spacial score (nSPS) is 14.8. The molecular weight excluding hydrogens is 737 g/mol. The van der Waals surface area contributed by atoms with E-state index in [-0.39, 0.29) is 25.2 Å². The first-order valence-electron chi connectivity index (χ1n) is 25.7. The number of carbonyl (C=O) groups is 2. The van der Waals surface area contributed by atoms with Gasteiger partial charge in [-0.1, -0.05) is 194 Å². The van der Waals surface area contributed by atoms with Gasteiger partial charge in [0.25, 0.3) is 0 Å². The van der Waals surface area contributed by atoms with Crippen LogP contribution in [0.2, 0.25) is 0 Å². The lowest BCUT2D eigenvalue weighted by atomic mass is 10.0. The lowest BCUT2D eigenvalue weighted by molar-refractivity contribution is -0.928. The fourth-order valence-corrected chi connectivity index (χ4v) is 9.34. The first-order chi connectivity index (χ1) is 28.7. The second kappa shape index (κ2) is 40.8. The molecule has 0 rings (SSSR count). The minimum absolute atomic E-state index is 0.215. The van der Waals surface area contributed by atoms with Gasteiger partial charge in [0, 0.05) is 0 Å². The molecule has 0 saturated carbocycles. The number of hydrogen-bond donors (Lipinski definition) is 2. The maximum absolute atomic E-state index is 12.8. The molecule has 59 heavy (non-hydrogen) atoms. The van der Waals surface area contributed by atoms with Gasteiger partial charge in [-0.3, -0.25) is 0 Å². The lowest BCUT2D eigenvalue weighted by Crippen LogP contribution is -2.59. The van der Waals surface area contributed by atoms with Gasteiger partial charge < -0.3 is 28.7 Å². The van der Waals surface area contributed by atoms with Crippen molar-refractivity contribution in [2.45, 2.75) is 251 Å². The highest BCUT2D eigenvalue weighted by Gasteiger charge is 2.40. The van der Waals surface area contributed by atoms with E-state index in [2.05, 4.69) is 27.9 Å². The Morgan fingerprint density at radius 2 is 0.525 bits per heavy atom. The van der Waals surface area contributed by atoms with Crippen molar-refractivity contribution in [1.82, 2.24) is 0 Å². The number of ether oxygens (including phenoxy) is 2. The molecule has 0 aliphatic rings. The number of aliphatic hydroxyl groups excluding tert-OH is 2. The Balaban J connectivity index is 4.64. The predicted octanol–water partition coefficient (Wildman–Crippen LogP) is 12.6. The zero-order valence-electron chi connectivity index (χ0n) is 40.6. The second-order valence-corrected chi connectivity index (χ2v) is 19.0. The smallest absolute Gasteiger partial charge is 0.367 e. The van der Waals surface area contributed by atoms with Gasteiger partial charge in [0.05, 0.1) is 54.5 Å². The van der Waals surface area contributed by atoms with E-state index in [1.54, 1.807) is 0 Å². The quantitative estimate of drug-likeness (QED) is 0.0360. The molecule has 0 heterocycles. The minimum atomic E-state index is -0.578. The monoisotopic (exact) mass is 841 g/mol. The van der Waals surface area contributed by atoms with Crippen molar-refractivity contribution in [1.29, 1.82) is 0 Å². The Morgan fingerprint density at radius 1 is 0.356 bits per heavy atom. The van der Waals surface area contributed by atoms with Gasteiger partial charge in [0.15, 0.2) is 0 Å². The molecule has 0 bridgehead atoms. The van der Waals surface area contributed by atoms with E-state index in [1.807, 2.05) is 0 Å². The van der Waals surface area contributed by atoms with Gasteiger partial charge >= 0.3 is 11.9 Å². The predicted molar refractivity (Wildman–Crippen MR) is 251 cm³/mol. The van der Waals surface area contributed by atoms with Crippen LogP contribution >= 0.6 is 0 Å². The van der Waals surface area contributed by atoms with Gasteiger partial charge in [-0.2, -0.15) is 0 Å². The third kappa shape index (κ3) is 30.5. The maximum atomic E-state index is 12.8. The highest BCUT2D eigenvalue weighted by Crippen LogP contribution is 2.22. The van der Waals surface area contributed by atoms with Gasteiger partial charge in [-0.05, 0) is 44.9 Å². The first-order valence-corrected chi connectivity index (χ1v) is 25.7. The molecular formula is C51H104N2O6+2. The Labute approximate surface area is 367 Å². The number of likely N-dealkylation sites (N-methyl/N-ethyl adjacent to an activating group) is 2. The van der Waals surface area contributed by atoms with E-state index in [1.165, 1.54) is 194 Å². The number of esters is 2. The lowest BCUT2D eigenvalue weighted by Gasteiger charge is -2.40. The summed E-state index contributed by atoms with van der Waals surface area (Å²) >= 11 is 0. The van der Waals surface area contributed by atoms with Crippen molar-refractivity contribution < 1.29 is 38.2 Å². The average molecular weight is 841 g/mol. The van der Waals surface area contributed by atoms with E-state index < -0.39 is 12.1 Å². The second-order valence-electron chi connectivity index (χ2n) is 19.0. The van der Waals surface area contributed by atoms with Crippen LogP contribution in [-0.4, -0.2) is 111 Å². The molecule has 0 saturated heterocycles. The molecule has 8 nitrogen and oxygen atoms in total. The van der Waals surface area contributed by atoms with E-state index in [0.717, 1.165) is 71.1 Å². The molecule has 2 N–H and O–H groups in total. The Kier molecular flexibility index (Phi) is 40.0. The van der Waals surface area contributed by atoms with Crippen LogP contribution < -0.4 is 0 Å². The summed E-state index contributed by atoms with van der Waals surface area (Å²) in [6.45, 7) is 7.42. The van der Waals surface area contributed by atoms with Gasteiger partial charge in [-0.15, -0.1) is 0 Å². The number of unbranched alkanes of at least 4 members (excludes halogenated alkanes) is 32. The van der Waals surface area contributed by atoms with E-state index in [0.29, 0.717) is 8.97 Å². The molecule has 0 aromatic heterocycles. The zero-order valence-corrected chi connectivity index (χ0v) is 40.6. The number of carbonyl (C=O) groups excluding carboxylic acids is 2. The van der Waals surface area contributed by atoms with Crippen LogP contribution in [0.25, 0.3) is 0 Å². The van der Waals surface area contributed by atoms with E-state index in [4.69, 9.17) is 9.47 Å². The Morgan fingerprint density at radius 3 is 0.695 bits per heavy atom. The molecule has 0 amide bonds. The minimum Gasteiger partial charge on any atom is -0.465 e. The summed E-state index contributed by atoms with van der Waals surface area (Å²) in [4.78, 5) is 25.6. The highest BCUT2D eigenvalue weighted by atomic mass is 16.5. The number of methoxy groups -OCH3 is 2. The van der Waals surface area contributed by atoms with Gasteiger partial charge in [-0.25, -0.2) is 9.59 Å². The van der Waals surface area contributed by atoms with Crippen LogP contribution in [0.1, 0.15) is 239 Å². The molecule has 4 atom stereocenters. The summed E-state index contributed by atoms with van der Waals surface area (Å²) in [6, 6.07) is -1.16.